The summed E-state index contributed by atoms with van der Waals surface area (Å²) in [6.45, 7) is -0.708. The number of ether oxygens (including phenoxy) is 1. The molecule has 1 aromatic heterocycles. The van der Waals surface area contributed by atoms with Gasteiger partial charge in [-0.05, 0) is 12.8 Å². The second-order valence-electron chi connectivity index (χ2n) is 5.32. The van der Waals surface area contributed by atoms with Gasteiger partial charge in [-0.3, -0.25) is 18.9 Å². The van der Waals surface area contributed by atoms with Crippen LogP contribution in [0.3, 0.4) is 0 Å². The number of aromatic nitrogens is 2. The standard InChI is InChI=1S/C9H14FN2O13P3/c10-6-3-12(9(14)11-8(6)13)7-2-1-5(23-7)4-22-27(18,19)25-28(20,21)24-26(15,16)17/h3,5,7H,1-2,4H2,(H,18,19)(H,20,21)(H,11,13,14)(H2,15,16,17)/t5-,7+/m1/s1. The fourth-order valence-electron chi connectivity index (χ4n) is 2.17. The van der Waals surface area contributed by atoms with Crippen LogP contribution in [0, 0.1) is 5.82 Å². The molecule has 1 saturated heterocycles. The van der Waals surface area contributed by atoms with E-state index in [1.165, 1.54) is 0 Å². The third kappa shape index (κ3) is 6.79. The van der Waals surface area contributed by atoms with Gasteiger partial charge in [-0.1, -0.05) is 0 Å². The number of phosphoric acid groups is 3. The summed E-state index contributed by atoms with van der Waals surface area (Å²) < 4.78 is 64.2. The van der Waals surface area contributed by atoms with Gasteiger partial charge < -0.3 is 24.3 Å². The number of halogens is 1. The molecule has 5 N–H and O–H groups in total. The van der Waals surface area contributed by atoms with Crippen LogP contribution < -0.4 is 11.2 Å². The number of rotatable bonds is 8. The number of nitrogens with one attached hydrogen (secondary N) is 1. The highest BCUT2D eigenvalue weighted by Crippen LogP contribution is 2.66. The number of aromatic amines is 1. The molecule has 0 saturated carbocycles. The summed E-state index contributed by atoms with van der Waals surface area (Å²) in [5.74, 6) is -1.24. The topological polar surface area (TPSA) is 224 Å². The molecule has 0 amide bonds. The summed E-state index contributed by atoms with van der Waals surface area (Å²) in [5.41, 5.74) is -2.17. The van der Waals surface area contributed by atoms with Crippen LogP contribution in [0.1, 0.15) is 19.1 Å². The van der Waals surface area contributed by atoms with Gasteiger partial charge in [0.1, 0.15) is 6.23 Å². The summed E-state index contributed by atoms with van der Waals surface area (Å²) in [6.07, 6.45) is -1.11. The average Bonchev–Trinajstić information content (AvgIpc) is 2.94. The molecule has 1 aliphatic rings. The highest BCUT2D eigenvalue weighted by molar-refractivity contribution is 7.66. The lowest BCUT2D eigenvalue weighted by Gasteiger charge is -2.18. The minimum Gasteiger partial charge on any atom is -0.352 e. The van der Waals surface area contributed by atoms with Gasteiger partial charge in [-0.25, -0.2) is 18.5 Å². The fraction of sp³-hybridized carbons (Fsp3) is 0.556. The Morgan fingerprint density at radius 3 is 2.39 bits per heavy atom. The number of phosphoric ester groups is 1. The van der Waals surface area contributed by atoms with Crippen molar-refractivity contribution < 1.29 is 55.5 Å². The molecule has 1 aliphatic heterocycles. The molecule has 0 bridgehead atoms. The van der Waals surface area contributed by atoms with Crippen LogP contribution in [0.15, 0.2) is 15.8 Å². The fourth-order valence-corrected chi connectivity index (χ4v) is 5.22. The zero-order valence-corrected chi connectivity index (χ0v) is 16.2. The maximum atomic E-state index is 13.3. The Kier molecular flexibility index (Phi) is 6.96. The molecule has 1 aromatic rings. The first-order valence-electron chi connectivity index (χ1n) is 7.12. The van der Waals surface area contributed by atoms with Crippen LogP contribution in [-0.2, 0) is 31.6 Å². The average molecular weight is 470 g/mol. The zero-order chi connectivity index (χ0) is 21.3. The van der Waals surface area contributed by atoms with Gasteiger partial charge in [-0.15, -0.1) is 0 Å². The molecule has 15 nitrogen and oxygen atoms in total. The van der Waals surface area contributed by atoms with E-state index in [1.807, 2.05) is 0 Å². The highest BCUT2D eigenvalue weighted by Gasteiger charge is 2.41. The largest absolute Gasteiger partial charge is 0.490 e. The molecule has 4 atom stereocenters. The second-order valence-corrected chi connectivity index (χ2v) is 9.74. The van der Waals surface area contributed by atoms with Crippen LogP contribution in [0.2, 0.25) is 0 Å². The first-order chi connectivity index (χ1) is 12.7. The van der Waals surface area contributed by atoms with E-state index >= 15 is 0 Å². The summed E-state index contributed by atoms with van der Waals surface area (Å²) in [7, 11) is -16.4. The van der Waals surface area contributed by atoms with Crippen LogP contribution in [0.5, 0.6) is 0 Å². The predicted octanol–water partition coefficient (Wildman–Crippen LogP) is -0.303. The SMILES string of the molecule is O=c1[nH]c(=O)n([C@@H]2CC[C@H](COP(=O)(O)OP(=O)(O)OP(=O)(O)O)O2)cc1F. The molecule has 0 aliphatic carbocycles. The van der Waals surface area contributed by atoms with Crippen molar-refractivity contribution in [1.82, 2.24) is 9.55 Å². The lowest BCUT2D eigenvalue weighted by atomic mass is 10.2. The first-order valence-corrected chi connectivity index (χ1v) is 11.6. The number of hydrogen-bond acceptors (Lipinski definition) is 9. The summed E-state index contributed by atoms with van der Waals surface area (Å²) in [6, 6.07) is 0. The Labute approximate surface area is 154 Å². The van der Waals surface area contributed by atoms with Crippen LogP contribution >= 0.6 is 23.5 Å². The minimum absolute atomic E-state index is 0.121. The van der Waals surface area contributed by atoms with Crippen molar-refractivity contribution in [1.29, 1.82) is 0 Å². The summed E-state index contributed by atoms with van der Waals surface area (Å²) >= 11 is 0. The number of nitrogens with zero attached hydrogens (tertiary/aromatic N) is 1. The van der Waals surface area contributed by atoms with Crippen LogP contribution in [0.4, 0.5) is 4.39 Å². The van der Waals surface area contributed by atoms with Gasteiger partial charge in [0, 0.05) is 0 Å². The van der Waals surface area contributed by atoms with E-state index in [9.17, 15) is 32.6 Å². The molecule has 0 spiro atoms. The Balaban J connectivity index is 1.95. The Morgan fingerprint density at radius 2 is 1.79 bits per heavy atom. The van der Waals surface area contributed by atoms with Crippen molar-refractivity contribution in [2.45, 2.75) is 25.2 Å². The lowest BCUT2D eigenvalue weighted by molar-refractivity contribution is -0.0247. The molecule has 2 heterocycles. The van der Waals surface area contributed by atoms with Crippen molar-refractivity contribution in [3.05, 3.63) is 32.9 Å². The second kappa shape index (κ2) is 8.38. The molecule has 160 valence electrons. The highest BCUT2D eigenvalue weighted by atomic mass is 31.3. The third-order valence-corrected chi connectivity index (χ3v) is 6.96. The van der Waals surface area contributed by atoms with Gasteiger partial charge in [0.25, 0.3) is 5.56 Å². The van der Waals surface area contributed by atoms with Crippen molar-refractivity contribution >= 4 is 23.5 Å². The maximum Gasteiger partial charge on any atom is 0.490 e. The monoisotopic (exact) mass is 470 g/mol. The lowest BCUT2D eigenvalue weighted by Crippen LogP contribution is -2.34. The van der Waals surface area contributed by atoms with Crippen LogP contribution in [0.25, 0.3) is 0 Å². The summed E-state index contributed by atoms with van der Waals surface area (Å²) in [4.78, 5) is 59.6. The first kappa shape index (κ1) is 23.3. The molecule has 2 unspecified atom stereocenters. The molecular formula is C9H14FN2O13P3. The van der Waals surface area contributed by atoms with Crippen molar-refractivity contribution in [2.75, 3.05) is 6.61 Å². The van der Waals surface area contributed by atoms with Crippen molar-refractivity contribution in [2.24, 2.45) is 0 Å². The van der Waals surface area contributed by atoms with Crippen molar-refractivity contribution in [3.8, 4) is 0 Å². The van der Waals surface area contributed by atoms with Gasteiger partial charge in [0.15, 0.2) is 0 Å². The Morgan fingerprint density at radius 1 is 1.14 bits per heavy atom. The van der Waals surface area contributed by atoms with E-state index in [0.717, 1.165) is 4.57 Å². The van der Waals surface area contributed by atoms with Gasteiger partial charge in [0.2, 0.25) is 5.82 Å². The molecule has 0 radical (unpaired) electrons. The molecule has 1 fully saturated rings. The van der Waals surface area contributed by atoms with Gasteiger partial charge in [0.05, 0.1) is 18.9 Å². The third-order valence-electron chi connectivity index (χ3n) is 3.16. The van der Waals surface area contributed by atoms with E-state index in [4.69, 9.17) is 19.4 Å². The molecule has 19 heteroatoms. The summed E-state index contributed by atoms with van der Waals surface area (Å²) in [5, 5.41) is 0. The quantitative estimate of drug-likeness (QED) is 0.308. The smallest absolute Gasteiger partial charge is 0.352 e. The molecule has 0 aromatic carbocycles. The molecule has 28 heavy (non-hydrogen) atoms. The number of hydrogen-bond donors (Lipinski definition) is 5. The zero-order valence-electron chi connectivity index (χ0n) is 13.5. The van der Waals surface area contributed by atoms with Crippen molar-refractivity contribution in [3.63, 3.8) is 0 Å². The molecular weight excluding hydrogens is 456 g/mol. The van der Waals surface area contributed by atoms with Gasteiger partial charge in [-0.2, -0.15) is 13.0 Å². The Hall–Kier alpha value is -1.02. The van der Waals surface area contributed by atoms with E-state index in [-0.39, 0.29) is 12.8 Å². The van der Waals surface area contributed by atoms with E-state index in [0.29, 0.717) is 6.20 Å². The minimum atomic E-state index is -5.64. The Bertz CT molecular complexity index is 984. The van der Waals surface area contributed by atoms with E-state index in [2.05, 4.69) is 13.1 Å². The van der Waals surface area contributed by atoms with E-state index in [1.54, 1.807) is 4.98 Å². The predicted molar refractivity (Wildman–Crippen MR) is 84.2 cm³/mol. The number of H-pyrrole nitrogens is 1. The maximum absolute atomic E-state index is 13.3. The normalized spacial score (nSPS) is 24.6. The van der Waals surface area contributed by atoms with Gasteiger partial charge >= 0.3 is 29.2 Å². The molecule has 2 rings (SSSR count). The van der Waals surface area contributed by atoms with E-state index < -0.39 is 59.5 Å². The van der Waals surface area contributed by atoms with Crippen LogP contribution in [-0.4, -0.2) is 41.8 Å².